The SMILES string of the molecule is O[C@@H](CSc1ccccc1)C[NH+]1CCN(c2ccccc2F)CC1. The number of aliphatic hydroxyl groups is 1. The lowest BCUT2D eigenvalue weighted by Crippen LogP contribution is -3.16. The first kappa shape index (κ1) is 17.3. The molecule has 5 heteroatoms. The fourth-order valence-corrected chi connectivity index (χ4v) is 3.93. The summed E-state index contributed by atoms with van der Waals surface area (Å²) in [5.74, 6) is 0.560. The number of nitrogens with one attached hydrogen (secondary N) is 1. The molecule has 1 aliphatic rings. The normalized spacial score (nSPS) is 17.0. The van der Waals surface area contributed by atoms with Crippen LogP contribution in [-0.2, 0) is 0 Å². The van der Waals surface area contributed by atoms with Crippen LogP contribution in [0.5, 0.6) is 0 Å². The van der Waals surface area contributed by atoms with Crippen molar-refractivity contribution in [1.29, 1.82) is 0 Å². The quantitative estimate of drug-likeness (QED) is 0.779. The highest BCUT2D eigenvalue weighted by molar-refractivity contribution is 7.99. The van der Waals surface area contributed by atoms with Crippen molar-refractivity contribution in [2.24, 2.45) is 0 Å². The Hall–Kier alpha value is -1.56. The summed E-state index contributed by atoms with van der Waals surface area (Å²) in [6, 6.07) is 17.1. The minimum Gasteiger partial charge on any atom is -0.386 e. The lowest BCUT2D eigenvalue weighted by molar-refractivity contribution is -0.903. The fourth-order valence-electron chi connectivity index (χ4n) is 3.08. The molecule has 2 aromatic carbocycles. The Bertz CT molecular complexity index is 632. The highest BCUT2D eigenvalue weighted by Crippen LogP contribution is 2.19. The number of para-hydroxylation sites is 1. The predicted octanol–water partition coefficient (Wildman–Crippen LogP) is 1.68. The van der Waals surface area contributed by atoms with Gasteiger partial charge in [-0.3, -0.25) is 0 Å². The van der Waals surface area contributed by atoms with Crippen LogP contribution in [0.4, 0.5) is 10.1 Å². The highest BCUT2D eigenvalue weighted by atomic mass is 32.2. The molecule has 3 rings (SSSR count). The van der Waals surface area contributed by atoms with Gasteiger partial charge < -0.3 is 14.9 Å². The van der Waals surface area contributed by atoms with Crippen LogP contribution in [0.2, 0.25) is 0 Å². The summed E-state index contributed by atoms with van der Waals surface area (Å²) >= 11 is 1.69. The molecule has 2 N–H and O–H groups in total. The molecule has 0 unspecified atom stereocenters. The standard InChI is InChI=1S/C19H23FN2OS/c20-18-8-4-5-9-19(18)22-12-10-21(11-13-22)14-16(23)15-24-17-6-2-1-3-7-17/h1-9,16,23H,10-15H2/p+1/t16-/m1/s1. The number of quaternary nitrogens is 1. The van der Waals surface area contributed by atoms with Crippen LogP contribution >= 0.6 is 11.8 Å². The first-order valence-electron chi connectivity index (χ1n) is 8.41. The maximum Gasteiger partial charge on any atom is 0.146 e. The van der Waals surface area contributed by atoms with Crippen LogP contribution in [-0.4, -0.2) is 49.7 Å². The molecule has 0 aromatic heterocycles. The van der Waals surface area contributed by atoms with Gasteiger partial charge in [0.05, 0.1) is 31.9 Å². The van der Waals surface area contributed by atoms with Crippen molar-refractivity contribution in [1.82, 2.24) is 0 Å². The number of halogens is 1. The molecule has 2 aromatic rings. The maximum atomic E-state index is 13.9. The number of rotatable bonds is 6. The zero-order valence-corrected chi connectivity index (χ0v) is 14.5. The number of benzene rings is 2. The van der Waals surface area contributed by atoms with E-state index in [-0.39, 0.29) is 11.9 Å². The molecule has 128 valence electrons. The number of anilines is 1. The molecule has 24 heavy (non-hydrogen) atoms. The molecule has 1 saturated heterocycles. The summed E-state index contributed by atoms with van der Waals surface area (Å²) in [7, 11) is 0. The third kappa shape index (κ3) is 4.72. The van der Waals surface area contributed by atoms with Crippen LogP contribution < -0.4 is 9.80 Å². The van der Waals surface area contributed by atoms with Crippen molar-refractivity contribution in [2.75, 3.05) is 43.4 Å². The first-order chi connectivity index (χ1) is 11.7. The fraction of sp³-hybridized carbons (Fsp3) is 0.368. The van der Waals surface area contributed by atoms with Crippen molar-refractivity contribution in [3.8, 4) is 0 Å². The van der Waals surface area contributed by atoms with E-state index >= 15 is 0 Å². The molecule has 1 fully saturated rings. The van der Waals surface area contributed by atoms with E-state index in [1.54, 1.807) is 17.8 Å². The maximum absolute atomic E-state index is 13.9. The van der Waals surface area contributed by atoms with Gasteiger partial charge in [0.15, 0.2) is 0 Å². The average Bonchev–Trinajstić information content (AvgIpc) is 2.62. The smallest absolute Gasteiger partial charge is 0.146 e. The molecular weight excluding hydrogens is 323 g/mol. The second kappa shape index (κ2) is 8.51. The highest BCUT2D eigenvalue weighted by Gasteiger charge is 2.23. The first-order valence-corrected chi connectivity index (χ1v) is 9.40. The molecule has 1 atom stereocenters. The van der Waals surface area contributed by atoms with Crippen LogP contribution in [0.1, 0.15) is 0 Å². The van der Waals surface area contributed by atoms with E-state index in [0.29, 0.717) is 11.4 Å². The second-order valence-corrected chi connectivity index (χ2v) is 7.26. The van der Waals surface area contributed by atoms with Gasteiger partial charge in [0, 0.05) is 10.6 Å². The summed E-state index contributed by atoms with van der Waals surface area (Å²) < 4.78 is 13.9. The summed E-state index contributed by atoms with van der Waals surface area (Å²) in [5.41, 5.74) is 0.691. The van der Waals surface area contributed by atoms with Crippen molar-refractivity contribution >= 4 is 17.4 Å². The van der Waals surface area contributed by atoms with Crippen LogP contribution in [0.3, 0.4) is 0 Å². The average molecular weight is 347 g/mol. The van der Waals surface area contributed by atoms with E-state index in [1.165, 1.54) is 15.9 Å². The van der Waals surface area contributed by atoms with Crippen molar-refractivity contribution < 1.29 is 14.4 Å². The minimum atomic E-state index is -0.315. The van der Waals surface area contributed by atoms with Crippen LogP contribution in [0.25, 0.3) is 0 Å². The number of aliphatic hydroxyl groups excluding tert-OH is 1. The van der Waals surface area contributed by atoms with Crippen LogP contribution in [0.15, 0.2) is 59.5 Å². The molecule has 3 nitrogen and oxygen atoms in total. The zero-order chi connectivity index (χ0) is 16.8. The Labute approximate surface area is 147 Å². The predicted molar refractivity (Wildman–Crippen MR) is 97.3 cm³/mol. The number of hydrogen-bond acceptors (Lipinski definition) is 3. The Morgan fingerprint density at radius 3 is 2.42 bits per heavy atom. The van der Waals surface area contributed by atoms with E-state index in [2.05, 4.69) is 17.0 Å². The van der Waals surface area contributed by atoms with Gasteiger partial charge in [-0.2, -0.15) is 0 Å². The summed E-state index contributed by atoms with van der Waals surface area (Å²) in [4.78, 5) is 4.68. The molecule has 0 radical (unpaired) electrons. The monoisotopic (exact) mass is 347 g/mol. The summed E-state index contributed by atoms with van der Waals surface area (Å²) in [5, 5.41) is 10.3. The Kier molecular flexibility index (Phi) is 6.12. The van der Waals surface area contributed by atoms with Gasteiger partial charge in [-0.15, -0.1) is 11.8 Å². The number of hydrogen-bond donors (Lipinski definition) is 2. The van der Waals surface area contributed by atoms with E-state index < -0.39 is 0 Å². The molecule has 0 spiro atoms. The van der Waals surface area contributed by atoms with Crippen molar-refractivity contribution in [3.05, 3.63) is 60.4 Å². The molecule has 0 saturated carbocycles. The molecular formula is C19H24FN2OS+. The lowest BCUT2D eigenvalue weighted by atomic mass is 10.2. The molecule has 0 bridgehead atoms. The van der Waals surface area contributed by atoms with Gasteiger partial charge in [-0.25, -0.2) is 4.39 Å². The Morgan fingerprint density at radius 2 is 1.71 bits per heavy atom. The largest absolute Gasteiger partial charge is 0.386 e. The van der Waals surface area contributed by atoms with Gasteiger partial charge in [0.25, 0.3) is 0 Å². The number of thioether (sulfide) groups is 1. The van der Waals surface area contributed by atoms with Crippen molar-refractivity contribution in [3.63, 3.8) is 0 Å². The van der Waals surface area contributed by atoms with Gasteiger partial charge in [-0.1, -0.05) is 30.3 Å². The van der Waals surface area contributed by atoms with Gasteiger partial charge in [0.1, 0.15) is 18.5 Å². The third-order valence-corrected chi connectivity index (χ3v) is 5.53. The van der Waals surface area contributed by atoms with E-state index in [1.807, 2.05) is 30.3 Å². The lowest BCUT2D eigenvalue weighted by Gasteiger charge is -2.34. The third-order valence-electron chi connectivity index (χ3n) is 4.37. The Balaban J connectivity index is 1.43. The second-order valence-electron chi connectivity index (χ2n) is 6.17. The molecule has 1 aliphatic heterocycles. The molecule has 0 aliphatic carbocycles. The molecule has 0 amide bonds. The van der Waals surface area contributed by atoms with Gasteiger partial charge >= 0.3 is 0 Å². The topological polar surface area (TPSA) is 27.9 Å². The number of nitrogens with zero attached hydrogens (tertiary/aromatic N) is 1. The summed E-state index contributed by atoms with van der Waals surface area (Å²) in [6.45, 7) is 4.28. The molecule has 1 heterocycles. The van der Waals surface area contributed by atoms with Crippen LogP contribution in [0, 0.1) is 5.82 Å². The van der Waals surface area contributed by atoms with E-state index in [0.717, 1.165) is 32.7 Å². The number of piperazine rings is 1. The Morgan fingerprint density at radius 1 is 1.04 bits per heavy atom. The van der Waals surface area contributed by atoms with Gasteiger partial charge in [-0.05, 0) is 24.3 Å². The van der Waals surface area contributed by atoms with Crippen molar-refractivity contribution in [2.45, 2.75) is 11.0 Å². The van der Waals surface area contributed by atoms with E-state index in [4.69, 9.17) is 0 Å². The zero-order valence-electron chi connectivity index (χ0n) is 13.7. The van der Waals surface area contributed by atoms with Gasteiger partial charge in [0.2, 0.25) is 0 Å². The summed E-state index contributed by atoms with van der Waals surface area (Å²) in [6.07, 6.45) is -0.315. The minimum absolute atomic E-state index is 0.153. The van der Waals surface area contributed by atoms with E-state index in [9.17, 15) is 9.50 Å².